The summed E-state index contributed by atoms with van der Waals surface area (Å²) in [6, 6.07) is 9.70. The number of amides is 1. The predicted octanol–water partition coefficient (Wildman–Crippen LogP) is 11.5. The summed E-state index contributed by atoms with van der Waals surface area (Å²) in [7, 11) is 0. The Bertz CT molecular complexity index is 1960. The van der Waals surface area contributed by atoms with Crippen LogP contribution in [0.5, 0.6) is 0 Å². The summed E-state index contributed by atoms with van der Waals surface area (Å²) in [5.74, 6) is 1.49. The van der Waals surface area contributed by atoms with Gasteiger partial charge in [0.2, 0.25) is 17.7 Å². The number of allylic oxidation sites excluding steroid dienone is 1. The van der Waals surface area contributed by atoms with Gasteiger partial charge in [-0.25, -0.2) is 0 Å². The molecular weight excluding hydrogens is 751 g/mol. The second kappa shape index (κ2) is 15.7. The lowest BCUT2D eigenvalue weighted by molar-refractivity contribution is -0.201. The molecule has 0 spiro atoms. The van der Waals surface area contributed by atoms with Crippen LogP contribution in [0.4, 0.5) is 0 Å². The number of benzene rings is 1. The lowest BCUT2D eigenvalue weighted by Crippen LogP contribution is -2.63. The number of esters is 1. The molecule has 1 aromatic carbocycles. The van der Waals surface area contributed by atoms with E-state index in [2.05, 4.69) is 63.2 Å². The largest absolute Gasteiger partial charge is 0.481 e. The van der Waals surface area contributed by atoms with Crippen LogP contribution >= 0.6 is 0 Å². The van der Waals surface area contributed by atoms with Gasteiger partial charge in [0.15, 0.2) is 0 Å². The van der Waals surface area contributed by atoms with Crippen molar-refractivity contribution in [2.24, 2.45) is 68.5 Å². The van der Waals surface area contributed by atoms with E-state index in [9.17, 15) is 14.7 Å². The summed E-state index contributed by atoms with van der Waals surface area (Å²) in [6.45, 7) is 23.4. The van der Waals surface area contributed by atoms with Gasteiger partial charge in [-0.05, 0) is 148 Å². The van der Waals surface area contributed by atoms with E-state index in [1.807, 2.05) is 44.2 Å². The average molecular weight is 824 g/mol. The van der Waals surface area contributed by atoms with Gasteiger partial charge in [-0.1, -0.05) is 91.7 Å². The highest BCUT2D eigenvalue weighted by molar-refractivity contribution is 5.85. The number of likely N-dealkylation sites (tertiary alicyclic amines) is 1. The Hall–Kier alpha value is -3.49. The third-order valence-corrected chi connectivity index (χ3v) is 19.1. The van der Waals surface area contributed by atoms with E-state index < -0.39 is 22.7 Å². The van der Waals surface area contributed by atoms with E-state index in [1.54, 1.807) is 0 Å². The van der Waals surface area contributed by atoms with Crippen molar-refractivity contribution in [3.63, 3.8) is 0 Å². The van der Waals surface area contributed by atoms with Gasteiger partial charge < -0.3 is 19.2 Å². The molecule has 8 rings (SSSR count). The van der Waals surface area contributed by atoms with E-state index in [0.29, 0.717) is 47.8 Å². The number of aromatic nitrogens is 2. The minimum atomic E-state index is -0.822. The number of carboxylic acids is 1. The Labute approximate surface area is 359 Å². The third kappa shape index (κ3) is 6.71. The number of hydrogen-bond donors (Lipinski definition) is 1. The number of rotatable bonds is 12. The molecule has 2 heterocycles. The van der Waals surface area contributed by atoms with Crippen LogP contribution < -0.4 is 0 Å². The van der Waals surface area contributed by atoms with Gasteiger partial charge in [0, 0.05) is 17.5 Å². The molecule has 9 heteroatoms. The highest BCUT2D eigenvalue weighted by atomic mass is 16.5. The maximum absolute atomic E-state index is 15.4. The second-order valence-electron chi connectivity index (χ2n) is 22.2. The van der Waals surface area contributed by atoms with Crippen molar-refractivity contribution in [1.29, 1.82) is 0 Å². The number of carbonyl (C=O) groups excluding carboxylic acids is 2. The molecule has 1 saturated heterocycles. The number of carbonyl (C=O) groups is 3. The molecule has 1 aromatic heterocycles. The number of fused-ring (bicyclic) bond motifs is 5. The maximum Gasteiger partial charge on any atom is 0.309 e. The second-order valence-corrected chi connectivity index (χ2v) is 22.2. The molecule has 60 heavy (non-hydrogen) atoms. The fourth-order valence-corrected chi connectivity index (χ4v) is 14.7. The normalized spacial score (nSPS) is 37.6. The fraction of sp³-hybridized carbons (Fsp3) is 0.745. The quantitative estimate of drug-likeness (QED) is 0.166. The van der Waals surface area contributed by atoms with Crippen LogP contribution in [0.15, 0.2) is 46.9 Å². The SMILES string of the molecule is C=C(C)[C@@H]1CC[C@]2(C(=O)N3CCC[C@H]3c3nnc(-c4ccccc4)o3)CC[C@]3(C)[C@H](CC[C@@H]4C[C@H](C(C)(C)[C@H](CCCC)OC(=O)[C@H]5C[C@@H](C(=O)O)C5(C)C)CC[C@]43C)[C@@H]12. The van der Waals surface area contributed by atoms with Crippen LogP contribution in [0, 0.1) is 68.5 Å². The van der Waals surface area contributed by atoms with Crippen molar-refractivity contribution in [1.82, 2.24) is 15.1 Å². The number of aliphatic carboxylic acids is 1. The van der Waals surface area contributed by atoms with E-state index in [4.69, 9.17) is 9.15 Å². The van der Waals surface area contributed by atoms with Crippen LogP contribution in [0.2, 0.25) is 0 Å². The lowest BCUT2D eigenvalue weighted by atomic mass is 9.37. The summed E-state index contributed by atoms with van der Waals surface area (Å²) >= 11 is 0. The summed E-state index contributed by atoms with van der Waals surface area (Å²) in [4.78, 5) is 43.2. The van der Waals surface area contributed by atoms with Crippen molar-refractivity contribution in [2.75, 3.05) is 6.54 Å². The smallest absolute Gasteiger partial charge is 0.309 e. The molecule has 5 saturated carbocycles. The van der Waals surface area contributed by atoms with Crippen LogP contribution in [-0.2, 0) is 19.1 Å². The first-order valence-electron chi connectivity index (χ1n) is 23.7. The maximum atomic E-state index is 15.4. The molecule has 5 aliphatic carbocycles. The number of unbranched alkanes of at least 4 members (excludes halogenated alkanes) is 1. The summed E-state index contributed by atoms with van der Waals surface area (Å²) < 4.78 is 12.8. The van der Waals surface area contributed by atoms with E-state index in [0.717, 1.165) is 102 Å². The molecule has 9 nitrogen and oxygen atoms in total. The highest BCUT2D eigenvalue weighted by Crippen LogP contribution is 2.74. The van der Waals surface area contributed by atoms with Crippen LogP contribution in [0.25, 0.3) is 11.5 Å². The first kappa shape index (κ1) is 43.2. The van der Waals surface area contributed by atoms with Crippen molar-refractivity contribution >= 4 is 17.8 Å². The van der Waals surface area contributed by atoms with E-state index in [-0.39, 0.29) is 46.2 Å². The Balaban J connectivity index is 1.01. The van der Waals surface area contributed by atoms with Crippen LogP contribution in [-0.4, -0.2) is 50.7 Å². The van der Waals surface area contributed by atoms with E-state index in [1.165, 1.54) is 5.57 Å². The Morgan fingerprint density at radius 3 is 2.38 bits per heavy atom. The molecule has 0 unspecified atom stereocenters. The van der Waals surface area contributed by atoms with Gasteiger partial charge in [-0.2, -0.15) is 0 Å². The predicted molar refractivity (Wildman–Crippen MR) is 232 cm³/mol. The minimum Gasteiger partial charge on any atom is -0.481 e. The van der Waals surface area contributed by atoms with Crippen molar-refractivity contribution in [2.45, 2.75) is 164 Å². The zero-order chi connectivity index (χ0) is 43.0. The first-order valence-corrected chi connectivity index (χ1v) is 23.7. The fourth-order valence-electron chi connectivity index (χ4n) is 14.7. The van der Waals surface area contributed by atoms with Gasteiger partial charge in [0.25, 0.3) is 0 Å². The highest BCUT2D eigenvalue weighted by Gasteiger charge is 2.69. The van der Waals surface area contributed by atoms with E-state index >= 15 is 4.79 Å². The third-order valence-electron chi connectivity index (χ3n) is 19.1. The van der Waals surface area contributed by atoms with Crippen LogP contribution in [0.1, 0.15) is 164 Å². The number of carboxylic acid groups (broad SMARTS) is 1. The van der Waals surface area contributed by atoms with Gasteiger partial charge in [-0.15, -0.1) is 10.2 Å². The van der Waals surface area contributed by atoms with Gasteiger partial charge in [-0.3, -0.25) is 14.4 Å². The molecule has 2 aromatic rings. The molecule has 1 N–H and O–H groups in total. The molecule has 0 bridgehead atoms. The average Bonchev–Trinajstić information content (AvgIpc) is 3.98. The topological polar surface area (TPSA) is 123 Å². The molecule has 1 aliphatic heterocycles. The monoisotopic (exact) mass is 824 g/mol. The molecule has 6 aliphatic rings. The standard InChI is InChI=1S/C51H73N3O6/c1-10-11-19-40(59-45(57)38-30-37(44(55)56)48(38,6)7)47(4,5)33-22-24-49(8)34(29-33)20-21-36-41-35(31(2)3)23-25-51(41,27-26-50(36,49)9)46(58)54-28-15-18-39(54)43-53-52-42(60-43)32-16-13-12-14-17-32/h12-14,16-17,33-41H,2,10-11,15,18-30H2,1,3-9H3,(H,55,56)/t33-,34-,35+,36-,37+,38-,39+,40+,41-,49-,50-,51+/m1/s1. The first-order chi connectivity index (χ1) is 28.4. The van der Waals surface area contributed by atoms with Gasteiger partial charge in [0.1, 0.15) is 12.1 Å². The molecule has 328 valence electrons. The molecule has 1 amide bonds. The van der Waals surface area contributed by atoms with Crippen molar-refractivity contribution in [3.8, 4) is 11.5 Å². The Morgan fingerprint density at radius 2 is 1.70 bits per heavy atom. The summed E-state index contributed by atoms with van der Waals surface area (Å²) in [5, 5.41) is 18.7. The Kier molecular flexibility index (Phi) is 11.3. The number of nitrogens with zero attached hydrogens (tertiary/aromatic N) is 3. The number of hydrogen-bond acceptors (Lipinski definition) is 7. The number of ether oxygens (including phenoxy) is 1. The zero-order valence-electron chi connectivity index (χ0n) is 37.9. The molecular formula is C51H73N3O6. The van der Waals surface area contributed by atoms with Gasteiger partial charge in [0.05, 0.1) is 17.3 Å². The van der Waals surface area contributed by atoms with Crippen molar-refractivity contribution in [3.05, 3.63) is 48.4 Å². The summed E-state index contributed by atoms with van der Waals surface area (Å²) in [5.41, 5.74) is 1.15. The van der Waals surface area contributed by atoms with Crippen molar-refractivity contribution < 1.29 is 28.6 Å². The lowest BCUT2D eigenvalue weighted by Gasteiger charge is -2.68. The minimum absolute atomic E-state index is 0.101. The van der Waals surface area contributed by atoms with Crippen LogP contribution in [0.3, 0.4) is 0 Å². The zero-order valence-corrected chi connectivity index (χ0v) is 37.9. The summed E-state index contributed by atoms with van der Waals surface area (Å²) in [6.07, 6.45) is 14.4. The molecule has 6 fully saturated rings. The molecule has 0 radical (unpaired) electrons. The Morgan fingerprint density at radius 1 is 0.950 bits per heavy atom. The molecule has 12 atom stereocenters. The van der Waals surface area contributed by atoms with Gasteiger partial charge >= 0.3 is 11.9 Å².